The molecule has 0 aromatic carbocycles. The quantitative estimate of drug-likeness (QED) is 0.472. The van der Waals surface area contributed by atoms with Gasteiger partial charge in [0, 0.05) is 13.2 Å². The van der Waals surface area contributed by atoms with E-state index in [9.17, 15) is 4.79 Å². The van der Waals surface area contributed by atoms with Crippen LogP contribution < -0.4 is 11.2 Å². The van der Waals surface area contributed by atoms with Crippen molar-refractivity contribution in [2.45, 2.75) is 0 Å². The number of hydrogen-bond donors (Lipinski definition) is 2. The van der Waals surface area contributed by atoms with Gasteiger partial charge in [-0.15, -0.1) is 0 Å². The second-order valence-corrected chi connectivity index (χ2v) is 2.28. The molecule has 0 atom stereocenters. The number of nitrogens with zero attached hydrogens (tertiary/aromatic N) is 2. The van der Waals surface area contributed by atoms with Crippen molar-refractivity contribution >= 4 is 12.2 Å². The molecule has 0 fully saturated rings. The standard InChI is InChI=1S/C7H10N4O/c1-11-4-2-3-6(11)5-9-10-7(8)12/h2-5H,1H3,(H3,8,10,12)/b9-5-. The van der Waals surface area contributed by atoms with Crippen LogP contribution in [0.15, 0.2) is 23.4 Å². The van der Waals surface area contributed by atoms with E-state index in [1.807, 2.05) is 29.9 Å². The van der Waals surface area contributed by atoms with Crippen molar-refractivity contribution in [3.63, 3.8) is 0 Å². The Kier molecular flexibility index (Phi) is 2.47. The zero-order chi connectivity index (χ0) is 8.97. The van der Waals surface area contributed by atoms with Gasteiger partial charge in [0.15, 0.2) is 0 Å². The molecular weight excluding hydrogens is 156 g/mol. The van der Waals surface area contributed by atoms with Gasteiger partial charge in [-0.3, -0.25) is 0 Å². The number of carbonyl (C=O) groups excluding carboxylic acids is 1. The van der Waals surface area contributed by atoms with Crippen LogP contribution in [-0.4, -0.2) is 16.8 Å². The molecule has 1 aromatic heterocycles. The van der Waals surface area contributed by atoms with E-state index < -0.39 is 6.03 Å². The predicted molar refractivity (Wildman–Crippen MR) is 45.7 cm³/mol. The molecule has 2 amide bonds. The van der Waals surface area contributed by atoms with E-state index in [1.165, 1.54) is 6.21 Å². The maximum atomic E-state index is 10.2. The molecule has 12 heavy (non-hydrogen) atoms. The van der Waals surface area contributed by atoms with Crippen LogP contribution in [0, 0.1) is 0 Å². The Labute approximate surface area is 69.9 Å². The average molecular weight is 166 g/mol. The fourth-order valence-corrected chi connectivity index (χ4v) is 0.770. The number of carbonyl (C=O) groups is 1. The highest BCUT2D eigenvalue weighted by molar-refractivity contribution is 5.79. The molecule has 5 nitrogen and oxygen atoms in total. The molecular formula is C7H10N4O. The fourth-order valence-electron chi connectivity index (χ4n) is 0.770. The molecule has 0 saturated carbocycles. The summed E-state index contributed by atoms with van der Waals surface area (Å²) in [5.41, 5.74) is 7.80. The van der Waals surface area contributed by atoms with Crippen LogP contribution >= 0.6 is 0 Å². The Hall–Kier alpha value is -1.78. The summed E-state index contributed by atoms with van der Waals surface area (Å²) < 4.78 is 1.87. The number of nitrogens with two attached hydrogens (primary N) is 1. The van der Waals surface area contributed by atoms with Gasteiger partial charge in [-0.1, -0.05) is 0 Å². The van der Waals surface area contributed by atoms with Gasteiger partial charge in [-0.2, -0.15) is 5.10 Å². The zero-order valence-electron chi connectivity index (χ0n) is 6.69. The van der Waals surface area contributed by atoms with Crippen LogP contribution in [0.1, 0.15) is 5.69 Å². The normalized spacial score (nSPS) is 10.4. The minimum Gasteiger partial charge on any atom is -0.350 e. The van der Waals surface area contributed by atoms with E-state index in [0.29, 0.717) is 0 Å². The number of primary amides is 1. The maximum absolute atomic E-state index is 10.2. The van der Waals surface area contributed by atoms with Crippen LogP contribution in [0.4, 0.5) is 4.79 Å². The van der Waals surface area contributed by atoms with E-state index in [2.05, 4.69) is 10.5 Å². The lowest BCUT2D eigenvalue weighted by atomic mass is 10.5. The molecule has 5 heteroatoms. The molecule has 1 heterocycles. The third-order valence-corrected chi connectivity index (χ3v) is 1.36. The summed E-state index contributed by atoms with van der Waals surface area (Å²) in [4.78, 5) is 10.2. The lowest BCUT2D eigenvalue weighted by molar-refractivity contribution is 0.249. The summed E-state index contributed by atoms with van der Waals surface area (Å²) in [5.74, 6) is 0. The SMILES string of the molecule is Cn1cccc1/C=N\NC(N)=O. The summed E-state index contributed by atoms with van der Waals surface area (Å²) in [6, 6.07) is 3.08. The largest absolute Gasteiger partial charge is 0.350 e. The van der Waals surface area contributed by atoms with Crippen molar-refractivity contribution < 1.29 is 4.79 Å². The molecule has 0 aliphatic carbocycles. The molecule has 0 spiro atoms. The van der Waals surface area contributed by atoms with E-state index in [-0.39, 0.29) is 0 Å². The Morgan fingerprint density at radius 2 is 2.58 bits per heavy atom. The van der Waals surface area contributed by atoms with Crippen LogP contribution in [0.5, 0.6) is 0 Å². The van der Waals surface area contributed by atoms with Gasteiger partial charge in [0.2, 0.25) is 0 Å². The van der Waals surface area contributed by atoms with Crippen molar-refractivity contribution in [3.8, 4) is 0 Å². The summed E-state index contributed by atoms with van der Waals surface area (Å²) in [6.45, 7) is 0. The minimum absolute atomic E-state index is 0.666. The van der Waals surface area contributed by atoms with Crippen molar-refractivity contribution in [2.75, 3.05) is 0 Å². The molecule has 1 aromatic rings. The summed E-state index contributed by atoms with van der Waals surface area (Å²) >= 11 is 0. The van der Waals surface area contributed by atoms with Crippen LogP contribution in [0.2, 0.25) is 0 Å². The molecule has 64 valence electrons. The third-order valence-electron chi connectivity index (χ3n) is 1.36. The van der Waals surface area contributed by atoms with Crippen molar-refractivity contribution in [1.82, 2.24) is 9.99 Å². The van der Waals surface area contributed by atoms with E-state index in [4.69, 9.17) is 5.73 Å². The Morgan fingerprint density at radius 1 is 1.83 bits per heavy atom. The first-order valence-electron chi connectivity index (χ1n) is 3.40. The number of aromatic nitrogens is 1. The van der Waals surface area contributed by atoms with E-state index in [0.717, 1.165) is 5.69 Å². The Morgan fingerprint density at radius 3 is 3.08 bits per heavy atom. The molecule has 0 aliphatic heterocycles. The van der Waals surface area contributed by atoms with Gasteiger partial charge < -0.3 is 10.3 Å². The number of hydrazone groups is 1. The fraction of sp³-hybridized carbons (Fsp3) is 0.143. The van der Waals surface area contributed by atoms with Gasteiger partial charge in [-0.25, -0.2) is 10.2 Å². The molecule has 1 rings (SSSR count). The first kappa shape index (κ1) is 8.32. The van der Waals surface area contributed by atoms with Gasteiger partial charge in [0.25, 0.3) is 0 Å². The number of amides is 2. The second-order valence-electron chi connectivity index (χ2n) is 2.28. The van der Waals surface area contributed by atoms with Gasteiger partial charge in [0.05, 0.1) is 11.9 Å². The summed E-state index contributed by atoms with van der Waals surface area (Å²) in [7, 11) is 1.88. The molecule has 0 unspecified atom stereocenters. The lowest BCUT2D eigenvalue weighted by Crippen LogP contribution is -2.24. The van der Waals surface area contributed by atoms with Crippen LogP contribution in [0.25, 0.3) is 0 Å². The molecule has 0 radical (unpaired) electrons. The van der Waals surface area contributed by atoms with E-state index in [1.54, 1.807) is 0 Å². The first-order chi connectivity index (χ1) is 5.70. The number of hydrogen-bond acceptors (Lipinski definition) is 2. The molecule has 3 N–H and O–H groups in total. The Bertz CT molecular complexity index is 302. The number of rotatable bonds is 2. The monoisotopic (exact) mass is 166 g/mol. The van der Waals surface area contributed by atoms with Crippen molar-refractivity contribution in [2.24, 2.45) is 17.9 Å². The van der Waals surface area contributed by atoms with Gasteiger partial charge in [-0.05, 0) is 12.1 Å². The van der Waals surface area contributed by atoms with E-state index >= 15 is 0 Å². The highest BCUT2D eigenvalue weighted by Crippen LogP contribution is 1.94. The number of urea groups is 1. The second kappa shape index (κ2) is 3.56. The van der Waals surface area contributed by atoms with Gasteiger partial charge >= 0.3 is 6.03 Å². The topological polar surface area (TPSA) is 72.4 Å². The van der Waals surface area contributed by atoms with Crippen LogP contribution in [-0.2, 0) is 7.05 Å². The highest BCUT2D eigenvalue weighted by atomic mass is 16.2. The summed E-state index contributed by atoms with van der Waals surface area (Å²) in [5, 5.41) is 3.60. The summed E-state index contributed by atoms with van der Waals surface area (Å²) in [6.07, 6.45) is 3.40. The zero-order valence-corrected chi connectivity index (χ0v) is 6.69. The molecule has 0 bridgehead atoms. The number of nitrogens with one attached hydrogen (secondary N) is 1. The van der Waals surface area contributed by atoms with Crippen molar-refractivity contribution in [1.29, 1.82) is 0 Å². The molecule has 0 aliphatic rings. The first-order valence-corrected chi connectivity index (χ1v) is 3.40. The smallest absolute Gasteiger partial charge is 0.332 e. The minimum atomic E-state index is -0.666. The van der Waals surface area contributed by atoms with Gasteiger partial charge in [0.1, 0.15) is 0 Å². The highest BCUT2D eigenvalue weighted by Gasteiger charge is 1.90. The van der Waals surface area contributed by atoms with Crippen molar-refractivity contribution in [3.05, 3.63) is 24.0 Å². The predicted octanol–water partition coefficient (Wildman–Crippen LogP) is 0.0273. The lowest BCUT2D eigenvalue weighted by Gasteiger charge is -1.94. The van der Waals surface area contributed by atoms with Crippen LogP contribution in [0.3, 0.4) is 0 Å². The maximum Gasteiger partial charge on any atom is 0.332 e. The Balaban J connectivity index is 2.57. The average Bonchev–Trinajstić information content (AvgIpc) is 2.36. The number of aryl methyl sites for hydroxylation is 1. The third kappa shape index (κ3) is 2.12. The molecule has 0 saturated heterocycles.